The highest BCUT2D eigenvalue weighted by atomic mass is 16.6. The number of carbonyl (C=O) groups is 1. The maximum atomic E-state index is 12.5. The first-order valence-electron chi connectivity index (χ1n) is 8.46. The SMILES string of the molecule is CN(Cc1ccc(N2CCOCC2)cc1)C(=O)c1ccc([N+](=O)[O-])cc1. The number of benzene rings is 2. The van der Waals surface area contributed by atoms with Crippen molar-refractivity contribution >= 4 is 17.3 Å². The fourth-order valence-corrected chi connectivity index (χ4v) is 2.93. The number of nitro groups is 1. The highest BCUT2D eigenvalue weighted by Crippen LogP contribution is 2.18. The molecule has 1 aliphatic heterocycles. The van der Waals surface area contributed by atoms with Crippen LogP contribution in [-0.4, -0.2) is 49.1 Å². The molecule has 2 aromatic rings. The van der Waals surface area contributed by atoms with Crippen LogP contribution in [0.15, 0.2) is 48.5 Å². The van der Waals surface area contributed by atoms with Crippen molar-refractivity contribution in [3.8, 4) is 0 Å². The van der Waals surface area contributed by atoms with Crippen LogP contribution in [0.5, 0.6) is 0 Å². The van der Waals surface area contributed by atoms with Crippen molar-refractivity contribution in [3.63, 3.8) is 0 Å². The van der Waals surface area contributed by atoms with Gasteiger partial charge in [0.1, 0.15) is 0 Å². The lowest BCUT2D eigenvalue weighted by Gasteiger charge is -2.29. The zero-order chi connectivity index (χ0) is 18.5. The second kappa shape index (κ2) is 7.97. The van der Waals surface area contributed by atoms with Gasteiger partial charge in [-0.2, -0.15) is 0 Å². The van der Waals surface area contributed by atoms with Gasteiger partial charge in [0, 0.05) is 50.1 Å². The largest absolute Gasteiger partial charge is 0.378 e. The molecule has 0 saturated carbocycles. The van der Waals surface area contributed by atoms with Crippen LogP contribution in [0.1, 0.15) is 15.9 Å². The van der Waals surface area contributed by atoms with Crippen LogP contribution in [0.2, 0.25) is 0 Å². The van der Waals surface area contributed by atoms with E-state index < -0.39 is 4.92 Å². The molecule has 7 heteroatoms. The monoisotopic (exact) mass is 355 g/mol. The number of ether oxygens (including phenoxy) is 1. The normalized spacial score (nSPS) is 14.1. The quantitative estimate of drug-likeness (QED) is 0.609. The molecule has 1 aliphatic rings. The first kappa shape index (κ1) is 17.9. The Labute approximate surface area is 151 Å². The molecule has 3 rings (SSSR count). The fraction of sp³-hybridized carbons (Fsp3) is 0.316. The van der Waals surface area contributed by atoms with Gasteiger partial charge in [-0.3, -0.25) is 14.9 Å². The molecule has 0 aromatic heterocycles. The Morgan fingerprint density at radius 2 is 1.73 bits per heavy atom. The third-order valence-electron chi connectivity index (χ3n) is 4.40. The summed E-state index contributed by atoms with van der Waals surface area (Å²) in [5.41, 5.74) is 2.59. The number of carbonyl (C=O) groups excluding carboxylic acids is 1. The molecule has 0 aliphatic carbocycles. The Morgan fingerprint density at radius 1 is 1.12 bits per heavy atom. The van der Waals surface area contributed by atoms with Crippen molar-refractivity contribution < 1.29 is 14.5 Å². The second-order valence-corrected chi connectivity index (χ2v) is 6.23. The molecule has 0 N–H and O–H groups in total. The molecule has 1 fully saturated rings. The molecule has 136 valence electrons. The number of nitro benzene ring substituents is 1. The molecular weight excluding hydrogens is 334 g/mol. The Balaban J connectivity index is 1.62. The number of amides is 1. The lowest BCUT2D eigenvalue weighted by Crippen LogP contribution is -2.36. The number of morpholine rings is 1. The molecule has 1 amide bonds. The van der Waals surface area contributed by atoms with Crippen LogP contribution in [0, 0.1) is 10.1 Å². The summed E-state index contributed by atoms with van der Waals surface area (Å²) in [6, 6.07) is 13.8. The molecule has 0 radical (unpaired) electrons. The second-order valence-electron chi connectivity index (χ2n) is 6.23. The van der Waals surface area contributed by atoms with Gasteiger partial charge in [0.15, 0.2) is 0 Å². The average molecular weight is 355 g/mol. The van der Waals surface area contributed by atoms with Gasteiger partial charge in [0.2, 0.25) is 0 Å². The lowest BCUT2D eigenvalue weighted by molar-refractivity contribution is -0.384. The first-order valence-corrected chi connectivity index (χ1v) is 8.46. The van der Waals surface area contributed by atoms with Gasteiger partial charge >= 0.3 is 0 Å². The molecule has 0 bridgehead atoms. The highest BCUT2D eigenvalue weighted by molar-refractivity contribution is 5.94. The average Bonchev–Trinajstić information content (AvgIpc) is 2.68. The van der Waals surface area contributed by atoms with Crippen molar-refractivity contribution in [1.29, 1.82) is 0 Å². The smallest absolute Gasteiger partial charge is 0.269 e. The minimum atomic E-state index is -0.478. The molecule has 1 heterocycles. The Bertz CT molecular complexity index is 768. The van der Waals surface area contributed by atoms with Crippen molar-refractivity contribution in [2.75, 3.05) is 38.3 Å². The summed E-state index contributed by atoms with van der Waals surface area (Å²) in [5, 5.41) is 10.7. The zero-order valence-electron chi connectivity index (χ0n) is 14.6. The summed E-state index contributed by atoms with van der Waals surface area (Å²) < 4.78 is 5.36. The van der Waals surface area contributed by atoms with Crippen LogP contribution in [0.3, 0.4) is 0 Å². The minimum absolute atomic E-state index is 0.0251. The van der Waals surface area contributed by atoms with Crippen molar-refractivity contribution in [2.24, 2.45) is 0 Å². The summed E-state index contributed by atoms with van der Waals surface area (Å²) in [7, 11) is 1.72. The van der Waals surface area contributed by atoms with E-state index in [1.165, 1.54) is 24.3 Å². The summed E-state index contributed by atoms with van der Waals surface area (Å²) in [4.78, 5) is 26.6. The van der Waals surface area contributed by atoms with Crippen molar-refractivity contribution in [2.45, 2.75) is 6.54 Å². The lowest BCUT2D eigenvalue weighted by atomic mass is 10.1. The summed E-state index contributed by atoms with van der Waals surface area (Å²) >= 11 is 0. The van der Waals surface area contributed by atoms with E-state index in [0.717, 1.165) is 37.6 Å². The third-order valence-corrected chi connectivity index (χ3v) is 4.40. The number of nitrogens with zero attached hydrogens (tertiary/aromatic N) is 3. The standard InChI is InChI=1S/C19H21N3O4/c1-20(19(23)16-4-8-18(9-5-16)22(24)25)14-15-2-6-17(7-3-15)21-10-12-26-13-11-21/h2-9H,10-14H2,1H3. The van der Waals surface area contributed by atoms with Crippen LogP contribution < -0.4 is 4.90 Å². The van der Waals surface area contributed by atoms with Gasteiger partial charge in [-0.1, -0.05) is 12.1 Å². The predicted molar refractivity (Wildman–Crippen MR) is 98.4 cm³/mol. The van der Waals surface area contributed by atoms with Gasteiger partial charge in [-0.05, 0) is 29.8 Å². The molecule has 26 heavy (non-hydrogen) atoms. The van der Waals surface area contributed by atoms with E-state index >= 15 is 0 Å². The van der Waals surface area contributed by atoms with Crippen LogP contribution in [0.25, 0.3) is 0 Å². The van der Waals surface area contributed by atoms with Gasteiger partial charge in [-0.15, -0.1) is 0 Å². The van der Waals surface area contributed by atoms with Crippen LogP contribution in [0.4, 0.5) is 11.4 Å². The summed E-state index contributed by atoms with van der Waals surface area (Å²) in [6.45, 7) is 3.73. The number of non-ortho nitro benzene ring substituents is 1. The van der Waals surface area contributed by atoms with E-state index in [4.69, 9.17) is 4.74 Å². The maximum absolute atomic E-state index is 12.5. The fourth-order valence-electron chi connectivity index (χ4n) is 2.93. The van der Waals surface area contributed by atoms with E-state index in [2.05, 4.69) is 17.0 Å². The maximum Gasteiger partial charge on any atom is 0.269 e. The van der Waals surface area contributed by atoms with E-state index in [0.29, 0.717) is 12.1 Å². The molecular formula is C19H21N3O4. The van der Waals surface area contributed by atoms with E-state index in [-0.39, 0.29) is 11.6 Å². The Kier molecular flexibility index (Phi) is 5.48. The van der Waals surface area contributed by atoms with Crippen LogP contribution in [-0.2, 0) is 11.3 Å². The zero-order valence-corrected chi connectivity index (χ0v) is 14.6. The molecule has 1 saturated heterocycles. The number of rotatable bonds is 5. The highest BCUT2D eigenvalue weighted by Gasteiger charge is 2.15. The predicted octanol–water partition coefficient (Wildman–Crippen LogP) is 2.70. The number of hydrogen-bond acceptors (Lipinski definition) is 5. The van der Waals surface area contributed by atoms with Gasteiger partial charge < -0.3 is 14.5 Å². The van der Waals surface area contributed by atoms with Gasteiger partial charge in [-0.25, -0.2) is 0 Å². The van der Waals surface area contributed by atoms with Crippen molar-refractivity contribution in [3.05, 3.63) is 69.8 Å². The van der Waals surface area contributed by atoms with Gasteiger partial charge in [0.25, 0.3) is 11.6 Å². The minimum Gasteiger partial charge on any atom is -0.378 e. The van der Waals surface area contributed by atoms with E-state index in [9.17, 15) is 14.9 Å². The number of anilines is 1. The summed E-state index contributed by atoms with van der Waals surface area (Å²) in [6.07, 6.45) is 0. The first-order chi connectivity index (χ1) is 12.5. The molecule has 2 aromatic carbocycles. The Morgan fingerprint density at radius 3 is 2.31 bits per heavy atom. The third kappa shape index (κ3) is 4.18. The molecule has 0 spiro atoms. The molecule has 0 atom stereocenters. The van der Waals surface area contributed by atoms with E-state index in [1.54, 1.807) is 11.9 Å². The Hall–Kier alpha value is -2.93. The summed E-state index contributed by atoms with van der Waals surface area (Å²) in [5.74, 6) is -0.169. The van der Waals surface area contributed by atoms with Gasteiger partial charge in [0.05, 0.1) is 18.1 Å². The van der Waals surface area contributed by atoms with Crippen molar-refractivity contribution in [1.82, 2.24) is 4.90 Å². The topological polar surface area (TPSA) is 75.9 Å². The molecule has 0 unspecified atom stereocenters. The van der Waals surface area contributed by atoms with E-state index in [1.807, 2.05) is 12.1 Å². The van der Waals surface area contributed by atoms with Crippen LogP contribution >= 0.6 is 0 Å². The molecule has 7 nitrogen and oxygen atoms in total. The number of hydrogen-bond donors (Lipinski definition) is 0.